The lowest BCUT2D eigenvalue weighted by atomic mass is 10.2. The van der Waals surface area contributed by atoms with Gasteiger partial charge in [-0.05, 0) is 19.4 Å². The third kappa shape index (κ3) is 4.58. The summed E-state index contributed by atoms with van der Waals surface area (Å²) in [6.45, 7) is 4.08. The van der Waals surface area contributed by atoms with E-state index in [9.17, 15) is 9.59 Å². The van der Waals surface area contributed by atoms with E-state index in [-0.39, 0.29) is 24.2 Å². The Labute approximate surface area is 117 Å². The molecule has 20 heavy (non-hydrogen) atoms. The molecule has 0 aliphatic rings. The number of furan rings is 1. The summed E-state index contributed by atoms with van der Waals surface area (Å²) in [4.78, 5) is 22.5. The Balaban J connectivity index is 2.48. The fourth-order valence-electron chi connectivity index (χ4n) is 1.71. The number of aromatic carboxylic acids is 1. The molecule has 2 amide bonds. The van der Waals surface area contributed by atoms with Gasteiger partial charge in [0, 0.05) is 7.11 Å². The van der Waals surface area contributed by atoms with Crippen molar-refractivity contribution in [2.75, 3.05) is 13.7 Å². The van der Waals surface area contributed by atoms with Gasteiger partial charge < -0.3 is 24.9 Å². The number of hydrogen-bond donors (Lipinski definition) is 3. The number of aryl methyl sites for hydroxylation is 1. The van der Waals surface area contributed by atoms with Gasteiger partial charge in [0.1, 0.15) is 17.1 Å². The molecule has 1 aromatic heterocycles. The first-order chi connectivity index (χ1) is 9.47. The zero-order chi connectivity index (χ0) is 15.1. The van der Waals surface area contributed by atoms with Crippen LogP contribution in [0.25, 0.3) is 0 Å². The van der Waals surface area contributed by atoms with E-state index >= 15 is 0 Å². The monoisotopic (exact) mass is 284 g/mol. The zero-order valence-corrected chi connectivity index (χ0v) is 11.9. The third-order valence-electron chi connectivity index (χ3n) is 2.82. The van der Waals surface area contributed by atoms with E-state index in [2.05, 4.69) is 10.6 Å². The SMILES string of the molecule is CCC(COC)NC(=O)NCc1cc(C(=O)O)c(C)o1. The van der Waals surface area contributed by atoms with Crippen LogP contribution in [-0.4, -0.2) is 36.9 Å². The molecule has 3 N–H and O–H groups in total. The number of hydrogen-bond acceptors (Lipinski definition) is 4. The number of carboxylic acid groups (broad SMARTS) is 1. The Morgan fingerprint density at radius 2 is 2.20 bits per heavy atom. The number of methoxy groups -OCH3 is 1. The van der Waals surface area contributed by atoms with Crippen molar-refractivity contribution in [2.45, 2.75) is 32.9 Å². The van der Waals surface area contributed by atoms with Gasteiger partial charge in [0.05, 0.1) is 19.2 Å². The molecule has 0 saturated carbocycles. The Morgan fingerprint density at radius 3 is 2.70 bits per heavy atom. The van der Waals surface area contributed by atoms with Gasteiger partial charge in [-0.15, -0.1) is 0 Å². The van der Waals surface area contributed by atoms with Crippen LogP contribution in [0, 0.1) is 6.92 Å². The molecule has 0 aliphatic heterocycles. The summed E-state index contributed by atoms with van der Waals surface area (Å²) in [7, 11) is 1.57. The minimum absolute atomic E-state index is 0.0621. The summed E-state index contributed by atoms with van der Waals surface area (Å²) in [5, 5.41) is 14.3. The second-order valence-corrected chi connectivity index (χ2v) is 4.38. The molecule has 0 fully saturated rings. The average molecular weight is 284 g/mol. The van der Waals surface area contributed by atoms with Gasteiger partial charge in [-0.1, -0.05) is 6.92 Å². The van der Waals surface area contributed by atoms with Crippen LogP contribution in [-0.2, 0) is 11.3 Å². The fraction of sp³-hybridized carbons (Fsp3) is 0.538. The molecule has 0 aliphatic carbocycles. The highest BCUT2D eigenvalue weighted by Gasteiger charge is 2.15. The summed E-state index contributed by atoms with van der Waals surface area (Å²) < 4.78 is 10.2. The smallest absolute Gasteiger partial charge is 0.339 e. The van der Waals surface area contributed by atoms with E-state index < -0.39 is 5.97 Å². The first-order valence-corrected chi connectivity index (χ1v) is 6.33. The molecule has 1 atom stereocenters. The molecule has 0 spiro atoms. The van der Waals surface area contributed by atoms with Gasteiger partial charge in [0.25, 0.3) is 0 Å². The number of rotatable bonds is 7. The van der Waals surface area contributed by atoms with Gasteiger partial charge in [-0.3, -0.25) is 0 Å². The van der Waals surface area contributed by atoms with E-state index in [4.69, 9.17) is 14.3 Å². The highest BCUT2D eigenvalue weighted by atomic mass is 16.5. The van der Waals surface area contributed by atoms with E-state index in [0.717, 1.165) is 6.42 Å². The van der Waals surface area contributed by atoms with Crippen LogP contribution in [0.15, 0.2) is 10.5 Å². The fourth-order valence-corrected chi connectivity index (χ4v) is 1.71. The van der Waals surface area contributed by atoms with Crippen molar-refractivity contribution >= 4 is 12.0 Å². The topological polar surface area (TPSA) is 101 Å². The Kier molecular flexibility index (Phi) is 6.05. The van der Waals surface area contributed by atoms with E-state index in [1.807, 2.05) is 6.92 Å². The molecule has 0 bridgehead atoms. The van der Waals surface area contributed by atoms with Crippen LogP contribution in [0.5, 0.6) is 0 Å². The van der Waals surface area contributed by atoms with E-state index in [1.165, 1.54) is 6.07 Å². The molecule has 112 valence electrons. The Hall–Kier alpha value is -2.02. The molecule has 1 unspecified atom stereocenters. The molecular formula is C13H20N2O5. The van der Waals surface area contributed by atoms with Crippen molar-refractivity contribution < 1.29 is 23.8 Å². The molecule has 0 radical (unpaired) electrons. The minimum atomic E-state index is -1.05. The number of urea groups is 1. The summed E-state index contributed by atoms with van der Waals surface area (Å²) >= 11 is 0. The second kappa shape index (κ2) is 7.54. The molecule has 7 heteroatoms. The van der Waals surface area contributed by atoms with Crippen molar-refractivity contribution in [3.63, 3.8) is 0 Å². The quantitative estimate of drug-likeness (QED) is 0.704. The van der Waals surface area contributed by atoms with Gasteiger partial charge in [-0.25, -0.2) is 9.59 Å². The maximum atomic E-state index is 11.7. The number of amides is 2. The number of carbonyl (C=O) groups is 2. The van der Waals surface area contributed by atoms with Gasteiger partial charge in [0.15, 0.2) is 0 Å². The molecule has 0 saturated heterocycles. The molecule has 1 rings (SSSR count). The molecule has 1 aromatic rings. The van der Waals surface area contributed by atoms with E-state index in [0.29, 0.717) is 18.1 Å². The lowest BCUT2D eigenvalue weighted by molar-refractivity contribution is 0.0695. The maximum absolute atomic E-state index is 11.7. The highest BCUT2D eigenvalue weighted by molar-refractivity contribution is 5.88. The Morgan fingerprint density at radius 1 is 1.50 bits per heavy atom. The van der Waals surface area contributed by atoms with Crippen molar-refractivity contribution in [3.8, 4) is 0 Å². The second-order valence-electron chi connectivity index (χ2n) is 4.38. The van der Waals surface area contributed by atoms with Crippen molar-refractivity contribution in [1.29, 1.82) is 0 Å². The summed E-state index contributed by atoms with van der Waals surface area (Å²) in [6, 6.07) is 0.998. The van der Waals surface area contributed by atoms with Crippen LogP contribution in [0.1, 0.15) is 35.2 Å². The average Bonchev–Trinajstić information content (AvgIpc) is 2.77. The molecule has 0 aromatic carbocycles. The van der Waals surface area contributed by atoms with Crippen molar-refractivity contribution in [2.24, 2.45) is 0 Å². The maximum Gasteiger partial charge on any atom is 0.339 e. The minimum Gasteiger partial charge on any atom is -0.478 e. The van der Waals surface area contributed by atoms with Crippen molar-refractivity contribution in [1.82, 2.24) is 10.6 Å². The molecular weight excluding hydrogens is 264 g/mol. The lowest BCUT2D eigenvalue weighted by Gasteiger charge is -2.16. The largest absolute Gasteiger partial charge is 0.478 e. The number of nitrogens with one attached hydrogen (secondary N) is 2. The molecule has 7 nitrogen and oxygen atoms in total. The molecule has 1 heterocycles. The lowest BCUT2D eigenvalue weighted by Crippen LogP contribution is -2.43. The first-order valence-electron chi connectivity index (χ1n) is 6.33. The van der Waals surface area contributed by atoms with Crippen LogP contribution in [0.2, 0.25) is 0 Å². The first kappa shape index (κ1) is 16.0. The van der Waals surface area contributed by atoms with Crippen LogP contribution in [0.4, 0.5) is 4.79 Å². The predicted octanol–water partition coefficient (Wildman–Crippen LogP) is 1.51. The standard InChI is InChI=1S/C13H20N2O5/c1-4-9(7-19-3)15-13(18)14-6-10-5-11(12(16)17)8(2)20-10/h5,9H,4,6-7H2,1-3H3,(H,16,17)(H2,14,15,18). The van der Waals surface area contributed by atoms with Crippen LogP contribution in [0.3, 0.4) is 0 Å². The predicted molar refractivity (Wildman–Crippen MR) is 71.7 cm³/mol. The number of ether oxygens (including phenoxy) is 1. The van der Waals surface area contributed by atoms with Gasteiger partial charge in [-0.2, -0.15) is 0 Å². The summed E-state index contributed by atoms with van der Waals surface area (Å²) in [5.41, 5.74) is 0.105. The summed E-state index contributed by atoms with van der Waals surface area (Å²) in [5.74, 6) is -0.330. The van der Waals surface area contributed by atoms with Crippen LogP contribution >= 0.6 is 0 Å². The number of carbonyl (C=O) groups excluding carboxylic acids is 1. The summed E-state index contributed by atoms with van der Waals surface area (Å²) in [6.07, 6.45) is 0.754. The van der Waals surface area contributed by atoms with Crippen molar-refractivity contribution in [3.05, 3.63) is 23.2 Å². The zero-order valence-electron chi connectivity index (χ0n) is 11.9. The number of carboxylic acids is 1. The highest BCUT2D eigenvalue weighted by Crippen LogP contribution is 2.14. The van der Waals surface area contributed by atoms with Gasteiger partial charge in [0.2, 0.25) is 0 Å². The van der Waals surface area contributed by atoms with Gasteiger partial charge >= 0.3 is 12.0 Å². The Bertz CT molecular complexity index is 469. The van der Waals surface area contributed by atoms with E-state index in [1.54, 1.807) is 14.0 Å². The normalized spacial score (nSPS) is 11.9. The van der Waals surface area contributed by atoms with Crippen LogP contribution < -0.4 is 10.6 Å². The third-order valence-corrected chi connectivity index (χ3v) is 2.82.